The maximum Gasteiger partial charge on any atom is 0.126 e. The van der Waals surface area contributed by atoms with Crippen molar-refractivity contribution < 1.29 is 4.39 Å². The van der Waals surface area contributed by atoms with Crippen molar-refractivity contribution in [1.82, 2.24) is 5.32 Å². The second kappa shape index (κ2) is 4.50. The third kappa shape index (κ3) is 2.08. The smallest absolute Gasteiger partial charge is 0.126 e. The van der Waals surface area contributed by atoms with Gasteiger partial charge in [-0.2, -0.15) is 5.26 Å². The Morgan fingerprint density at radius 3 is 2.95 bits per heavy atom. The first kappa shape index (κ1) is 12.4. The van der Waals surface area contributed by atoms with E-state index in [4.69, 9.17) is 0 Å². The van der Waals surface area contributed by atoms with E-state index in [-0.39, 0.29) is 5.82 Å². The summed E-state index contributed by atoms with van der Waals surface area (Å²) in [5.74, 6) is 0.226. The predicted octanol–water partition coefficient (Wildman–Crippen LogP) is 2.08. The van der Waals surface area contributed by atoms with Crippen LogP contribution in [0.3, 0.4) is 0 Å². The molecule has 0 amide bonds. The van der Waals surface area contributed by atoms with Crippen molar-refractivity contribution in [3.63, 3.8) is 0 Å². The van der Waals surface area contributed by atoms with Crippen LogP contribution in [-0.4, -0.2) is 25.7 Å². The highest BCUT2D eigenvalue weighted by atomic mass is 19.1. The summed E-state index contributed by atoms with van der Waals surface area (Å²) in [5.41, 5.74) is 1.64. The Kier molecular flexibility index (Phi) is 2.94. The first-order chi connectivity index (χ1) is 9.18. The van der Waals surface area contributed by atoms with Crippen molar-refractivity contribution >= 4 is 5.69 Å². The van der Waals surface area contributed by atoms with Crippen LogP contribution in [0.15, 0.2) is 18.2 Å². The molecule has 1 fully saturated rings. The maximum absolute atomic E-state index is 13.4. The molecular weight excluding hydrogens is 241 g/mol. The van der Waals surface area contributed by atoms with Crippen LogP contribution < -0.4 is 10.2 Å². The molecule has 1 N–H and O–H groups in total. The Labute approximate surface area is 113 Å². The molecule has 1 heterocycles. The summed E-state index contributed by atoms with van der Waals surface area (Å²) in [6, 6.07) is 7.41. The molecular formula is C15H18FN3. The van der Waals surface area contributed by atoms with E-state index in [1.165, 1.54) is 11.6 Å². The maximum atomic E-state index is 13.4. The van der Waals surface area contributed by atoms with E-state index in [1.54, 1.807) is 6.07 Å². The fraction of sp³-hybridized carbons (Fsp3) is 0.533. The van der Waals surface area contributed by atoms with E-state index in [1.807, 2.05) is 13.1 Å². The van der Waals surface area contributed by atoms with Gasteiger partial charge in [0, 0.05) is 18.8 Å². The summed E-state index contributed by atoms with van der Waals surface area (Å²) in [6.07, 6.45) is 3.15. The first-order valence-corrected chi connectivity index (χ1v) is 6.82. The molecule has 0 radical (unpaired) electrons. The summed E-state index contributed by atoms with van der Waals surface area (Å²) in [7, 11) is 1.85. The van der Waals surface area contributed by atoms with Gasteiger partial charge in [-0.1, -0.05) is 6.07 Å². The van der Waals surface area contributed by atoms with Crippen LogP contribution >= 0.6 is 0 Å². The molecule has 2 aliphatic rings. The van der Waals surface area contributed by atoms with Gasteiger partial charge in [0.1, 0.15) is 11.4 Å². The van der Waals surface area contributed by atoms with Crippen molar-refractivity contribution in [2.24, 2.45) is 5.92 Å². The van der Waals surface area contributed by atoms with Gasteiger partial charge in [-0.05, 0) is 49.9 Å². The fourth-order valence-corrected chi connectivity index (χ4v) is 3.05. The Bertz CT molecular complexity index is 533. The minimum atomic E-state index is -0.492. The zero-order chi connectivity index (χ0) is 13.5. The van der Waals surface area contributed by atoms with E-state index in [0.29, 0.717) is 12.5 Å². The van der Waals surface area contributed by atoms with E-state index < -0.39 is 5.54 Å². The van der Waals surface area contributed by atoms with Gasteiger partial charge >= 0.3 is 0 Å². The number of benzene rings is 1. The highest BCUT2D eigenvalue weighted by Gasteiger charge is 2.46. The number of hydrogen-bond acceptors (Lipinski definition) is 3. The van der Waals surface area contributed by atoms with Crippen molar-refractivity contribution in [3.8, 4) is 6.07 Å². The summed E-state index contributed by atoms with van der Waals surface area (Å²) in [5, 5.41) is 12.7. The van der Waals surface area contributed by atoms with Crippen molar-refractivity contribution in [2.75, 3.05) is 25.0 Å². The molecule has 4 heteroatoms. The second-order valence-electron chi connectivity index (χ2n) is 5.55. The Hall–Kier alpha value is -1.60. The molecule has 0 aromatic heterocycles. The predicted molar refractivity (Wildman–Crippen MR) is 72.4 cm³/mol. The molecule has 1 unspecified atom stereocenters. The molecule has 0 saturated heterocycles. The minimum Gasteiger partial charge on any atom is -0.368 e. The molecule has 1 aromatic rings. The average Bonchev–Trinajstić information content (AvgIpc) is 3.20. The molecule has 3 rings (SSSR count). The quantitative estimate of drug-likeness (QED) is 0.899. The van der Waals surface area contributed by atoms with Gasteiger partial charge in [-0.15, -0.1) is 0 Å². The second-order valence-corrected chi connectivity index (χ2v) is 5.55. The van der Waals surface area contributed by atoms with Crippen molar-refractivity contribution in [3.05, 3.63) is 29.6 Å². The third-order valence-corrected chi connectivity index (χ3v) is 4.40. The molecule has 1 aliphatic heterocycles. The van der Waals surface area contributed by atoms with Gasteiger partial charge < -0.3 is 10.2 Å². The highest BCUT2D eigenvalue weighted by Crippen LogP contribution is 2.41. The lowest BCUT2D eigenvalue weighted by Gasteiger charge is -2.32. The number of anilines is 1. The Balaban J connectivity index is 1.86. The SMILES string of the molecule is CNC(C#N)(CN1CCc2ccc(F)cc21)C1CC1. The average molecular weight is 259 g/mol. The van der Waals surface area contributed by atoms with Crippen molar-refractivity contribution in [1.29, 1.82) is 5.26 Å². The number of nitriles is 1. The van der Waals surface area contributed by atoms with Crippen LogP contribution in [-0.2, 0) is 6.42 Å². The normalized spacial score (nSPS) is 20.8. The lowest BCUT2D eigenvalue weighted by molar-refractivity contribution is 0.394. The standard InChI is InChI=1S/C15H18FN3/c1-18-15(9-17,12-3-4-12)10-19-7-6-11-2-5-13(16)8-14(11)19/h2,5,8,12,18H,3-4,6-7,10H2,1H3. The van der Waals surface area contributed by atoms with Gasteiger partial charge in [0.05, 0.1) is 6.07 Å². The third-order valence-electron chi connectivity index (χ3n) is 4.40. The molecule has 19 heavy (non-hydrogen) atoms. The van der Waals surface area contributed by atoms with Crippen LogP contribution in [0, 0.1) is 23.1 Å². The van der Waals surface area contributed by atoms with Crippen LogP contribution in [0.4, 0.5) is 10.1 Å². The van der Waals surface area contributed by atoms with Gasteiger partial charge in [0.25, 0.3) is 0 Å². The number of nitrogens with one attached hydrogen (secondary N) is 1. The fourth-order valence-electron chi connectivity index (χ4n) is 3.05. The lowest BCUT2D eigenvalue weighted by atomic mass is 9.94. The van der Waals surface area contributed by atoms with Gasteiger partial charge in [-0.3, -0.25) is 0 Å². The number of likely N-dealkylation sites (N-methyl/N-ethyl adjacent to an activating group) is 1. The summed E-state index contributed by atoms with van der Waals surface area (Å²) in [4.78, 5) is 2.15. The number of nitrogens with zero attached hydrogens (tertiary/aromatic N) is 2. The Morgan fingerprint density at radius 1 is 1.53 bits per heavy atom. The molecule has 1 atom stereocenters. The topological polar surface area (TPSA) is 39.1 Å². The van der Waals surface area contributed by atoms with E-state index >= 15 is 0 Å². The van der Waals surface area contributed by atoms with Gasteiger partial charge in [0.15, 0.2) is 0 Å². The molecule has 3 nitrogen and oxygen atoms in total. The molecule has 1 aliphatic carbocycles. The molecule has 0 bridgehead atoms. The van der Waals surface area contributed by atoms with E-state index in [2.05, 4.69) is 16.3 Å². The van der Waals surface area contributed by atoms with E-state index in [0.717, 1.165) is 31.5 Å². The number of fused-ring (bicyclic) bond motifs is 1. The number of halogens is 1. The zero-order valence-electron chi connectivity index (χ0n) is 11.1. The molecule has 0 spiro atoms. The zero-order valence-corrected chi connectivity index (χ0v) is 11.1. The van der Waals surface area contributed by atoms with Crippen LogP contribution in [0.2, 0.25) is 0 Å². The largest absolute Gasteiger partial charge is 0.368 e. The molecule has 100 valence electrons. The molecule has 1 saturated carbocycles. The number of hydrogen-bond donors (Lipinski definition) is 1. The highest BCUT2D eigenvalue weighted by molar-refractivity contribution is 5.58. The summed E-state index contributed by atoms with van der Waals surface area (Å²) < 4.78 is 13.4. The molecule has 1 aromatic carbocycles. The van der Waals surface area contributed by atoms with Gasteiger partial charge in [-0.25, -0.2) is 4.39 Å². The van der Waals surface area contributed by atoms with Crippen LogP contribution in [0.1, 0.15) is 18.4 Å². The minimum absolute atomic E-state index is 0.205. The lowest BCUT2D eigenvalue weighted by Crippen LogP contribution is -2.52. The van der Waals surface area contributed by atoms with Crippen LogP contribution in [0.5, 0.6) is 0 Å². The first-order valence-electron chi connectivity index (χ1n) is 6.82. The van der Waals surface area contributed by atoms with E-state index in [9.17, 15) is 9.65 Å². The Morgan fingerprint density at radius 2 is 2.32 bits per heavy atom. The number of rotatable bonds is 4. The summed E-state index contributed by atoms with van der Waals surface area (Å²) >= 11 is 0. The monoisotopic (exact) mass is 259 g/mol. The summed E-state index contributed by atoms with van der Waals surface area (Å²) in [6.45, 7) is 1.51. The van der Waals surface area contributed by atoms with Crippen molar-refractivity contribution in [2.45, 2.75) is 24.8 Å². The van der Waals surface area contributed by atoms with Gasteiger partial charge in [0.2, 0.25) is 0 Å². The van der Waals surface area contributed by atoms with Crippen LogP contribution in [0.25, 0.3) is 0 Å².